The first-order valence-corrected chi connectivity index (χ1v) is 5.92. The molecular weight excluding hydrogens is 224 g/mol. The number of benzene rings is 2. The molecule has 2 aromatic carbocycles. The number of hydrogen-bond donors (Lipinski definition) is 1. The molecule has 0 atom stereocenters. The number of aryl methyl sites for hydroxylation is 1. The predicted molar refractivity (Wildman–Crippen MR) is 73.7 cm³/mol. The van der Waals surface area contributed by atoms with Gasteiger partial charge in [0, 0.05) is 24.4 Å². The molecule has 1 heterocycles. The molecule has 0 radical (unpaired) electrons. The van der Waals surface area contributed by atoms with E-state index in [-0.39, 0.29) is 0 Å². The van der Waals surface area contributed by atoms with E-state index in [1.807, 2.05) is 43.4 Å². The topological polar surface area (TPSA) is 38.1 Å². The Hall–Kier alpha value is -2.29. The van der Waals surface area contributed by atoms with Crippen LogP contribution in [0.4, 0.5) is 5.69 Å². The number of nitrogens with one attached hydrogen (secondary N) is 1. The highest BCUT2D eigenvalue weighted by molar-refractivity contribution is 5.80. The maximum atomic E-state index is 5.83. The highest BCUT2D eigenvalue weighted by Crippen LogP contribution is 2.27. The lowest BCUT2D eigenvalue weighted by Gasteiger charge is -1.98. The molecule has 0 aliphatic carbocycles. The summed E-state index contributed by atoms with van der Waals surface area (Å²) in [6, 6.07) is 14.0. The standard InChI is InChI=1S/C15H14N2O/c1-10-5-3-4-6-12(10)15-17-13-8-7-11(16-2)9-14(13)18-15/h3-9,16H,1-2H3. The van der Waals surface area contributed by atoms with Crippen LogP contribution in [0.25, 0.3) is 22.6 Å². The molecule has 90 valence electrons. The van der Waals surface area contributed by atoms with Gasteiger partial charge in [0.1, 0.15) is 5.52 Å². The van der Waals surface area contributed by atoms with Crippen LogP contribution in [0, 0.1) is 6.92 Å². The number of fused-ring (bicyclic) bond motifs is 1. The van der Waals surface area contributed by atoms with Crippen LogP contribution in [0.2, 0.25) is 0 Å². The molecule has 0 saturated carbocycles. The van der Waals surface area contributed by atoms with E-state index in [1.54, 1.807) is 0 Å². The second-order valence-electron chi connectivity index (χ2n) is 4.27. The Morgan fingerprint density at radius 3 is 2.72 bits per heavy atom. The van der Waals surface area contributed by atoms with Crippen LogP contribution in [0.5, 0.6) is 0 Å². The van der Waals surface area contributed by atoms with E-state index in [0.29, 0.717) is 5.89 Å². The van der Waals surface area contributed by atoms with E-state index >= 15 is 0 Å². The summed E-state index contributed by atoms with van der Waals surface area (Å²) in [6.07, 6.45) is 0. The molecule has 1 aromatic heterocycles. The average Bonchev–Trinajstić information content (AvgIpc) is 2.81. The Morgan fingerprint density at radius 2 is 1.94 bits per heavy atom. The summed E-state index contributed by atoms with van der Waals surface area (Å²) < 4.78 is 5.83. The number of rotatable bonds is 2. The van der Waals surface area contributed by atoms with Crippen molar-refractivity contribution in [2.24, 2.45) is 0 Å². The predicted octanol–water partition coefficient (Wildman–Crippen LogP) is 3.84. The maximum absolute atomic E-state index is 5.83. The van der Waals surface area contributed by atoms with Crippen molar-refractivity contribution in [1.29, 1.82) is 0 Å². The summed E-state index contributed by atoms with van der Waals surface area (Å²) in [5.41, 5.74) is 4.92. The molecular formula is C15H14N2O. The monoisotopic (exact) mass is 238 g/mol. The van der Waals surface area contributed by atoms with E-state index in [4.69, 9.17) is 4.42 Å². The van der Waals surface area contributed by atoms with Gasteiger partial charge in [-0.2, -0.15) is 0 Å². The third kappa shape index (κ3) is 1.74. The molecule has 1 N–H and O–H groups in total. The van der Waals surface area contributed by atoms with E-state index < -0.39 is 0 Å². The van der Waals surface area contributed by atoms with Gasteiger partial charge in [-0.25, -0.2) is 4.98 Å². The molecule has 0 aliphatic rings. The fourth-order valence-corrected chi connectivity index (χ4v) is 2.01. The SMILES string of the molecule is CNc1ccc2nc(-c3ccccc3C)oc2c1. The Morgan fingerprint density at radius 1 is 1.11 bits per heavy atom. The van der Waals surface area contributed by atoms with Crippen LogP contribution >= 0.6 is 0 Å². The van der Waals surface area contributed by atoms with Gasteiger partial charge < -0.3 is 9.73 Å². The summed E-state index contributed by atoms with van der Waals surface area (Å²) in [5, 5.41) is 3.09. The molecule has 18 heavy (non-hydrogen) atoms. The van der Waals surface area contributed by atoms with Gasteiger partial charge >= 0.3 is 0 Å². The minimum atomic E-state index is 0.677. The molecule has 0 bridgehead atoms. The molecule has 0 fully saturated rings. The van der Waals surface area contributed by atoms with E-state index in [9.17, 15) is 0 Å². The van der Waals surface area contributed by atoms with Gasteiger partial charge in [0.25, 0.3) is 0 Å². The summed E-state index contributed by atoms with van der Waals surface area (Å²) in [6.45, 7) is 2.06. The van der Waals surface area contributed by atoms with E-state index in [2.05, 4.69) is 23.3 Å². The van der Waals surface area contributed by atoms with Crippen LogP contribution in [0.1, 0.15) is 5.56 Å². The lowest BCUT2D eigenvalue weighted by molar-refractivity contribution is 0.619. The zero-order chi connectivity index (χ0) is 12.5. The van der Waals surface area contributed by atoms with E-state index in [1.165, 1.54) is 0 Å². The van der Waals surface area contributed by atoms with Crippen molar-refractivity contribution >= 4 is 16.8 Å². The number of nitrogens with zero attached hydrogens (tertiary/aromatic N) is 1. The molecule has 0 saturated heterocycles. The van der Waals surface area contributed by atoms with Crippen molar-refractivity contribution < 1.29 is 4.42 Å². The first-order valence-electron chi connectivity index (χ1n) is 5.92. The van der Waals surface area contributed by atoms with Crippen LogP contribution in [-0.2, 0) is 0 Å². The van der Waals surface area contributed by atoms with Crippen molar-refractivity contribution in [2.75, 3.05) is 12.4 Å². The van der Waals surface area contributed by atoms with Crippen LogP contribution in [0.15, 0.2) is 46.9 Å². The van der Waals surface area contributed by atoms with Gasteiger partial charge in [0.05, 0.1) is 0 Å². The van der Waals surface area contributed by atoms with Crippen molar-refractivity contribution in [2.45, 2.75) is 6.92 Å². The number of anilines is 1. The molecule has 0 amide bonds. The first kappa shape index (κ1) is 10.8. The lowest BCUT2D eigenvalue weighted by Crippen LogP contribution is -1.85. The Labute approximate surface area is 105 Å². The van der Waals surface area contributed by atoms with Crippen molar-refractivity contribution in [3.63, 3.8) is 0 Å². The molecule has 3 heteroatoms. The molecule has 0 unspecified atom stereocenters. The van der Waals surface area contributed by atoms with Gasteiger partial charge in [-0.1, -0.05) is 18.2 Å². The van der Waals surface area contributed by atoms with Gasteiger partial charge in [0.15, 0.2) is 5.58 Å². The fourth-order valence-electron chi connectivity index (χ4n) is 2.01. The molecule has 0 spiro atoms. The average molecular weight is 238 g/mol. The van der Waals surface area contributed by atoms with Gasteiger partial charge in [0.2, 0.25) is 5.89 Å². The third-order valence-corrected chi connectivity index (χ3v) is 3.05. The van der Waals surface area contributed by atoms with Crippen LogP contribution < -0.4 is 5.32 Å². The second kappa shape index (κ2) is 4.18. The summed E-state index contributed by atoms with van der Waals surface area (Å²) in [4.78, 5) is 4.52. The minimum Gasteiger partial charge on any atom is -0.436 e. The summed E-state index contributed by atoms with van der Waals surface area (Å²) >= 11 is 0. The van der Waals surface area contributed by atoms with Crippen molar-refractivity contribution in [1.82, 2.24) is 4.98 Å². The lowest BCUT2D eigenvalue weighted by atomic mass is 10.1. The zero-order valence-electron chi connectivity index (χ0n) is 10.4. The normalized spacial score (nSPS) is 10.8. The van der Waals surface area contributed by atoms with Gasteiger partial charge in [-0.3, -0.25) is 0 Å². The highest BCUT2D eigenvalue weighted by Gasteiger charge is 2.10. The Balaban J connectivity index is 2.17. The van der Waals surface area contributed by atoms with Crippen LogP contribution in [0.3, 0.4) is 0 Å². The third-order valence-electron chi connectivity index (χ3n) is 3.05. The molecule has 0 aliphatic heterocycles. The largest absolute Gasteiger partial charge is 0.436 e. The summed E-state index contributed by atoms with van der Waals surface area (Å²) in [5.74, 6) is 0.677. The molecule has 3 nitrogen and oxygen atoms in total. The zero-order valence-corrected chi connectivity index (χ0v) is 10.4. The number of hydrogen-bond acceptors (Lipinski definition) is 3. The first-order chi connectivity index (χ1) is 8.78. The summed E-state index contributed by atoms with van der Waals surface area (Å²) in [7, 11) is 1.89. The molecule has 3 aromatic rings. The Kier molecular flexibility index (Phi) is 2.52. The number of aromatic nitrogens is 1. The van der Waals surface area contributed by atoms with E-state index in [0.717, 1.165) is 27.9 Å². The molecule has 3 rings (SSSR count). The smallest absolute Gasteiger partial charge is 0.227 e. The second-order valence-corrected chi connectivity index (χ2v) is 4.27. The van der Waals surface area contributed by atoms with Gasteiger partial charge in [-0.05, 0) is 30.7 Å². The highest BCUT2D eigenvalue weighted by atomic mass is 16.3. The number of oxazole rings is 1. The van der Waals surface area contributed by atoms with Gasteiger partial charge in [-0.15, -0.1) is 0 Å². The minimum absolute atomic E-state index is 0.677. The maximum Gasteiger partial charge on any atom is 0.227 e. The fraction of sp³-hybridized carbons (Fsp3) is 0.133. The quantitative estimate of drug-likeness (QED) is 0.737. The van der Waals surface area contributed by atoms with Crippen LogP contribution in [-0.4, -0.2) is 12.0 Å². The Bertz CT molecular complexity index is 701. The van der Waals surface area contributed by atoms with Crippen molar-refractivity contribution in [3.05, 3.63) is 48.0 Å². The van der Waals surface area contributed by atoms with Crippen molar-refractivity contribution in [3.8, 4) is 11.5 Å².